The molecule has 80 valence electrons. The second-order valence-electron chi connectivity index (χ2n) is 4.32. The number of hydrogen-bond acceptors (Lipinski definition) is 0. The van der Waals surface area contributed by atoms with Crippen molar-refractivity contribution in [3.8, 4) is 0 Å². The first-order valence-corrected chi connectivity index (χ1v) is 5.83. The molecule has 0 unspecified atom stereocenters. The average Bonchev–Trinajstić information content (AvgIpc) is 2.96. The van der Waals surface area contributed by atoms with Crippen LogP contribution in [0.3, 0.4) is 0 Å². The summed E-state index contributed by atoms with van der Waals surface area (Å²) in [7, 11) is 0. The van der Waals surface area contributed by atoms with E-state index in [0.717, 1.165) is 12.8 Å². The maximum absolute atomic E-state index is 3.33. The summed E-state index contributed by atoms with van der Waals surface area (Å²) < 4.78 is 0. The van der Waals surface area contributed by atoms with Crippen molar-refractivity contribution in [1.82, 2.24) is 4.98 Å². The summed E-state index contributed by atoms with van der Waals surface area (Å²) in [5.74, 6) is 0. The third kappa shape index (κ3) is 1.69. The first-order chi connectivity index (χ1) is 7.93. The summed E-state index contributed by atoms with van der Waals surface area (Å²) in [6.07, 6.45) is 12.2. The number of H-pyrrole nitrogens is 1. The number of nitrogens with one attached hydrogen (secondary N) is 1. The first-order valence-electron chi connectivity index (χ1n) is 5.83. The van der Waals surface area contributed by atoms with Gasteiger partial charge in [-0.05, 0) is 30.9 Å². The second kappa shape index (κ2) is 4.01. The van der Waals surface area contributed by atoms with Gasteiger partial charge in [0.1, 0.15) is 0 Å². The Balaban J connectivity index is 1.79. The molecular formula is C15H15N. The van der Waals surface area contributed by atoms with Crippen molar-refractivity contribution < 1.29 is 0 Å². The molecule has 0 saturated carbocycles. The van der Waals surface area contributed by atoms with Crippen LogP contribution in [-0.2, 0) is 6.42 Å². The van der Waals surface area contributed by atoms with Gasteiger partial charge in [0.15, 0.2) is 0 Å². The summed E-state index contributed by atoms with van der Waals surface area (Å²) in [4.78, 5) is 3.33. The molecule has 0 atom stereocenters. The van der Waals surface area contributed by atoms with E-state index in [1.165, 1.54) is 22.9 Å². The Kier molecular flexibility index (Phi) is 2.37. The van der Waals surface area contributed by atoms with Crippen LogP contribution in [0.5, 0.6) is 0 Å². The van der Waals surface area contributed by atoms with E-state index in [1.54, 1.807) is 5.57 Å². The average molecular weight is 209 g/mol. The summed E-state index contributed by atoms with van der Waals surface area (Å²) in [6, 6.07) is 8.51. The van der Waals surface area contributed by atoms with Crippen LogP contribution in [0.1, 0.15) is 18.4 Å². The van der Waals surface area contributed by atoms with Gasteiger partial charge >= 0.3 is 0 Å². The maximum Gasteiger partial charge on any atom is 0.0456 e. The fraction of sp³-hybridized carbons (Fsp3) is 0.200. The Morgan fingerprint density at radius 1 is 1.12 bits per heavy atom. The van der Waals surface area contributed by atoms with Crippen molar-refractivity contribution in [3.63, 3.8) is 0 Å². The Morgan fingerprint density at radius 2 is 2.06 bits per heavy atom. The molecule has 0 fully saturated rings. The Labute approximate surface area is 95.5 Å². The summed E-state index contributed by atoms with van der Waals surface area (Å²) >= 11 is 0. The van der Waals surface area contributed by atoms with E-state index in [-0.39, 0.29) is 0 Å². The number of aryl methyl sites for hydroxylation is 1. The molecular weight excluding hydrogens is 194 g/mol. The fourth-order valence-corrected chi connectivity index (χ4v) is 2.31. The van der Waals surface area contributed by atoms with Crippen molar-refractivity contribution in [1.29, 1.82) is 0 Å². The van der Waals surface area contributed by atoms with Crippen LogP contribution in [0, 0.1) is 0 Å². The normalized spacial score (nSPS) is 14.6. The van der Waals surface area contributed by atoms with Crippen molar-refractivity contribution in [3.05, 3.63) is 59.8 Å². The van der Waals surface area contributed by atoms with Crippen LogP contribution < -0.4 is 0 Å². The minimum absolute atomic E-state index is 1.14. The summed E-state index contributed by atoms with van der Waals surface area (Å²) in [5.41, 5.74) is 4.23. The number of aromatic amines is 1. The highest BCUT2D eigenvalue weighted by atomic mass is 14.7. The third-order valence-electron chi connectivity index (χ3n) is 3.24. The largest absolute Gasteiger partial charge is 0.361 e. The lowest BCUT2D eigenvalue weighted by molar-refractivity contribution is 0.925. The zero-order valence-electron chi connectivity index (χ0n) is 9.24. The van der Waals surface area contributed by atoms with Crippen LogP contribution >= 0.6 is 0 Å². The number of para-hydroxylation sites is 1. The fourth-order valence-electron chi connectivity index (χ4n) is 2.31. The Bertz CT molecular complexity index is 558. The van der Waals surface area contributed by atoms with Gasteiger partial charge in [-0.15, -0.1) is 0 Å². The van der Waals surface area contributed by atoms with E-state index < -0.39 is 0 Å². The van der Waals surface area contributed by atoms with Crippen LogP contribution in [0.4, 0.5) is 0 Å². The van der Waals surface area contributed by atoms with Crippen LogP contribution in [0.2, 0.25) is 0 Å². The Hall–Kier alpha value is -1.76. The summed E-state index contributed by atoms with van der Waals surface area (Å²) in [6.45, 7) is 0. The molecule has 1 aromatic carbocycles. The molecule has 0 bridgehead atoms. The van der Waals surface area contributed by atoms with Gasteiger partial charge in [0, 0.05) is 17.1 Å². The lowest BCUT2D eigenvalue weighted by Gasteiger charge is -2.00. The van der Waals surface area contributed by atoms with Gasteiger partial charge in [0.05, 0.1) is 0 Å². The molecule has 0 amide bonds. The van der Waals surface area contributed by atoms with Crippen LogP contribution in [-0.4, -0.2) is 4.98 Å². The highest BCUT2D eigenvalue weighted by Gasteiger charge is 2.04. The molecule has 1 aliphatic carbocycles. The van der Waals surface area contributed by atoms with Crippen LogP contribution in [0.25, 0.3) is 10.9 Å². The minimum atomic E-state index is 1.14. The van der Waals surface area contributed by atoms with E-state index in [0.29, 0.717) is 0 Å². The molecule has 0 saturated heterocycles. The predicted octanol–water partition coefficient (Wildman–Crippen LogP) is 3.99. The smallest absolute Gasteiger partial charge is 0.0456 e. The predicted molar refractivity (Wildman–Crippen MR) is 68.5 cm³/mol. The number of hydrogen-bond donors (Lipinski definition) is 1. The maximum atomic E-state index is 3.33. The number of fused-ring (bicyclic) bond motifs is 1. The first kappa shape index (κ1) is 9.46. The van der Waals surface area contributed by atoms with E-state index in [1.807, 2.05) is 0 Å². The lowest BCUT2D eigenvalue weighted by Crippen LogP contribution is -1.85. The topological polar surface area (TPSA) is 15.8 Å². The van der Waals surface area contributed by atoms with Gasteiger partial charge < -0.3 is 4.98 Å². The van der Waals surface area contributed by atoms with Crippen molar-refractivity contribution >= 4 is 10.9 Å². The second-order valence-corrected chi connectivity index (χ2v) is 4.32. The van der Waals surface area contributed by atoms with E-state index in [4.69, 9.17) is 0 Å². The molecule has 1 aliphatic rings. The van der Waals surface area contributed by atoms with E-state index in [2.05, 4.69) is 53.7 Å². The van der Waals surface area contributed by atoms with E-state index in [9.17, 15) is 0 Å². The molecule has 16 heavy (non-hydrogen) atoms. The van der Waals surface area contributed by atoms with Crippen molar-refractivity contribution in [2.45, 2.75) is 19.3 Å². The standard InChI is InChI=1S/C15H15N/c1-2-6-12(5-1)9-10-13-11-16-15-8-4-3-7-14(13)15/h1-5,7-8,11,16H,6,9-10H2. The zero-order valence-corrected chi connectivity index (χ0v) is 9.24. The zero-order chi connectivity index (χ0) is 10.8. The van der Waals surface area contributed by atoms with Crippen LogP contribution in [0.15, 0.2) is 54.3 Å². The molecule has 0 spiro atoms. The van der Waals surface area contributed by atoms with E-state index >= 15 is 0 Å². The molecule has 1 heteroatoms. The molecule has 0 radical (unpaired) electrons. The van der Waals surface area contributed by atoms with Gasteiger partial charge in [0.25, 0.3) is 0 Å². The van der Waals surface area contributed by atoms with Crippen molar-refractivity contribution in [2.24, 2.45) is 0 Å². The molecule has 0 aliphatic heterocycles. The SMILES string of the molecule is C1=CCC(CCc2c[nH]c3ccccc23)=C1. The minimum Gasteiger partial charge on any atom is -0.361 e. The monoisotopic (exact) mass is 209 g/mol. The molecule has 1 nitrogen and oxygen atoms in total. The van der Waals surface area contributed by atoms with Gasteiger partial charge in [-0.1, -0.05) is 42.0 Å². The van der Waals surface area contributed by atoms with Gasteiger partial charge in [-0.3, -0.25) is 0 Å². The molecule has 1 aromatic heterocycles. The molecule has 1 N–H and O–H groups in total. The lowest BCUT2D eigenvalue weighted by atomic mass is 10.0. The number of aromatic nitrogens is 1. The summed E-state index contributed by atoms with van der Waals surface area (Å²) in [5, 5.41) is 1.37. The quantitative estimate of drug-likeness (QED) is 0.786. The molecule has 3 rings (SSSR count). The van der Waals surface area contributed by atoms with Gasteiger partial charge in [0.2, 0.25) is 0 Å². The number of allylic oxidation sites excluding steroid dienone is 4. The Morgan fingerprint density at radius 3 is 2.94 bits per heavy atom. The number of rotatable bonds is 3. The number of benzene rings is 1. The molecule has 2 aromatic rings. The van der Waals surface area contributed by atoms with Gasteiger partial charge in [-0.2, -0.15) is 0 Å². The van der Waals surface area contributed by atoms with Gasteiger partial charge in [-0.25, -0.2) is 0 Å². The highest BCUT2D eigenvalue weighted by Crippen LogP contribution is 2.22. The highest BCUT2D eigenvalue weighted by molar-refractivity contribution is 5.83. The van der Waals surface area contributed by atoms with Crippen molar-refractivity contribution in [2.75, 3.05) is 0 Å². The molecule has 1 heterocycles. The third-order valence-corrected chi connectivity index (χ3v) is 3.24.